The summed E-state index contributed by atoms with van der Waals surface area (Å²) in [6.07, 6.45) is 1.21. The van der Waals surface area contributed by atoms with Crippen LogP contribution in [0.3, 0.4) is 0 Å². The normalized spacial score (nSPS) is 10.7. The van der Waals surface area contributed by atoms with E-state index in [1.807, 2.05) is 0 Å². The largest absolute Gasteiger partial charge is 0.288 e. The van der Waals surface area contributed by atoms with Crippen LogP contribution in [0.25, 0.3) is 0 Å². The molecule has 1 N–H and O–H groups in total. The van der Waals surface area contributed by atoms with Gasteiger partial charge in [-0.3, -0.25) is 14.9 Å². The number of halogens is 3. The van der Waals surface area contributed by atoms with E-state index in [0.29, 0.717) is 5.56 Å². The lowest BCUT2D eigenvalue weighted by Gasteiger charge is -2.02. The van der Waals surface area contributed by atoms with Crippen molar-refractivity contribution in [1.82, 2.24) is 5.43 Å². The van der Waals surface area contributed by atoms with E-state index < -0.39 is 10.8 Å². The topological polar surface area (TPSA) is 84.6 Å². The summed E-state index contributed by atoms with van der Waals surface area (Å²) in [5.74, 6) is -0.429. The number of amides is 1. The molecule has 2 rings (SSSR count). The second-order valence-corrected chi connectivity index (χ2v) is 6.02. The maximum absolute atomic E-state index is 11.9. The quantitative estimate of drug-likeness (QED) is 0.454. The van der Waals surface area contributed by atoms with Gasteiger partial charge in [0.05, 0.1) is 16.2 Å². The number of nitrogens with one attached hydrogen (secondary N) is 1. The van der Waals surface area contributed by atoms with E-state index in [1.165, 1.54) is 18.3 Å². The van der Waals surface area contributed by atoms with E-state index in [-0.39, 0.29) is 21.3 Å². The lowest BCUT2D eigenvalue weighted by molar-refractivity contribution is -0.384. The van der Waals surface area contributed by atoms with Gasteiger partial charge in [-0.1, -0.05) is 45.2 Å². The molecule has 2 aromatic carbocycles. The van der Waals surface area contributed by atoms with E-state index in [4.69, 9.17) is 23.2 Å². The zero-order valence-electron chi connectivity index (χ0n) is 11.3. The van der Waals surface area contributed by atoms with E-state index in [9.17, 15) is 14.9 Å². The van der Waals surface area contributed by atoms with Crippen LogP contribution < -0.4 is 5.43 Å². The Labute approximate surface area is 149 Å². The average molecular weight is 417 g/mol. The Morgan fingerprint density at radius 3 is 2.65 bits per heavy atom. The minimum absolute atomic E-state index is 0.0738. The van der Waals surface area contributed by atoms with Crippen LogP contribution in [-0.4, -0.2) is 17.0 Å². The third-order valence-electron chi connectivity index (χ3n) is 2.72. The molecule has 0 aliphatic carbocycles. The molecule has 1 amide bonds. The molecule has 0 aliphatic rings. The van der Waals surface area contributed by atoms with Gasteiger partial charge in [0, 0.05) is 21.7 Å². The molecule has 0 heterocycles. The van der Waals surface area contributed by atoms with Gasteiger partial charge in [0.1, 0.15) is 5.02 Å². The molecule has 118 valence electrons. The number of hydrogen-bond acceptors (Lipinski definition) is 4. The predicted molar refractivity (Wildman–Crippen MR) is 92.3 cm³/mol. The average Bonchev–Trinajstić information content (AvgIpc) is 2.48. The first-order valence-electron chi connectivity index (χ1n) is 6.11. The van der Waals surface area contributed by atoms with Crippen LogP contribution in [0.5, 0.6) is 0 Å². The monoisotopic (exact) mass is 415 g/mol. The first-order chi connectivity index (χ1) is 10.9. The van der Waals surface area contributed by atoms with E-state index in [1.54, 1.807) is 24.3 Å². The molecule has 0 bridgehead atoms. The van der Waals surface area contributed by atoms with Crippen molar-refractivity contribution in [1.29, 1.82) is 0 Å². The molecule has 0 aliphatic heterocycles. The van der Waals surface area contributed by atoms with Gasteiger partial charge in [-0.25, -0.2) is 5.43 Å². The van der Waals surface area contributed by atoms with Gasteiger partial charge in [0.25, 0.3) is 11.6 Å². The molecule has 0 aromatic heterocycles. The molecular formula is C14H8BrCl2N3O3. The third kappa shape index (κ3) is 4.51. The first kappa shape index (κ1) is 17.4. The summed E-state index contributed by atoms with van der Waals surface area (Å²) in [6, 6.07) is 9.17. The standard InChI is InChI=1S/C14H8BrCl2N3O3/c15-10-3-1-2-8(4-10)14(21)19-18-7-9-5-13(20(22)23)12(17)6-11(9)16/h1-7H,(H,19,21)/b18-7-. The molecule has 0 atom stereocenters. The van der Waals surface area contributed by atoms with Gasteiger partial charge in [0.2, 0.25) is 0 Å². The fourth-order valence-corrected chi connectivity index (χ4v) is 2.55. The van der Waals surface area contributed by atoms with E-state index in [0.717, 1.165) is 4.47 Å². The number of nitrogens with zero attached hydrogens (tertiary/aromatic N) is 2. The van der Waals surface area contributed by atoms with Crippen molar-refractivity contribution in [3.8, 4) is 0 Å². The Morgan fingerprint density at radius 2 is 2.00 bits per heavy atom. The van der Waals surface area contributed by atoms with Crippen LogP contribution in [0.15, 0.2) is 46.0 Å². The van der Waals surface area contributed by atoms with Crippen LogP contribution in [0.2, 0.25) is 10.0 Å². The van der Waals surface area contributed by atoms with Gasteiger partial charge in [-0.15, -0.1) is 0 Å². The summed E-state index contributed by atoms with van der Waals surface area (Å²) in [4.78, 5) is 22.1. The highest BCUT2D eigenvalue weighted by molar-refractivity contribution is 9.10. The molecule has 0 unspecified atom stereocenters. The van der Waals surface area contributed by atoms with Crippen molar-refractivity contribution in [2.75, 3.05) is 0 Å². The maximum Gasteiger partial charge on any atom is 0.288 e. The van der Waals surface area contributed by atoms with Crippen molar-refractivity contribution >= 4 is 56.9 Å². The zero-order chi connectivity index (χ0) is 17.0. The number of carbonyl (C=O) groups excluding carboxylic acids is 1. The van der Waals surface area contributed by atoms with Crippen molar-refractivity contribution in [2.24, 2.45) is 5.10 Å². The van der Waals surface area contributed by atoms with Crippen molar-refractivity contribution in [3.63, 3.8) is 0 Å². The zero-order valence-corrected chi connectivity index (χ0v) is 14.4. The molecule has 23 heavy (non-hydrogen) atoms. The van der Waals surface area contributed by atoms with Gasteiger partial charge in [-0.2, -0.15) is 5.10 Å². The van der Waals surface area contributed by atoms with Crippen molar-refractivity contribution < 1.29 is 9.72 Å². The van der Waals surface area contributed by atoms with Crippen LogP contribution >= 0.6 is 39.1 Å². The lowest BCUT2D eigenvalue weighted by atomic mass is 10.2. The molecule has 2 aromatic rings. The van der Waals surface area contributed by atoms with Gasteiger partial charge in [0.15, 0.2) is 0 Å². The number of hydrogen-bond donors (Lipinski definition) is 1. The Hall–Kier alpha value is -1.96. The summed E-state index contributed by atoms with van der Waals surface area (Å²) in [5.41, 5.74) is 2.69. The van der Waals surface area contributed by atoms with Crippen molar-refractivity contribution in [2.45, 2.75) is 0 Å². The minimum Gasteiger partial charge on any atom is -0.267 e. The van der Waals surface area contributed by atoms with E-state index in [2.05, 4.69) is 26.5 Å². The summed E-state index contributed by atoms with van der Waals surface area (Å²) in [7, 11) is 0. The smallest absolute Gasteiger partial charge is 0.267 e. The molecular weight excluding hydrogens is 409 g/mol. The van der Waals surface area contributed by atoms with Gasteiger partial charge < -0.3 is 0 Å². The van der Waals surface area contributed by atoms with Gasteiger partial charge in [-0.05, 0) is 24.3 Å². The van der Waals surface area contributed by atoms with Crippen LogP contribution in [-0.2, 0) is 0 Å². The van der Waals surface area contributed by atoms with Crippen LogP contribution in [0.4, 0.5) is 5.69 Å². The third-order valence-corrected chi connectivity index (χ3v) is 3.84. The van der Waals surface area contributed by atoms with Crippen molar-refractivity contribution in [3.05, 3.63) is 72.2 Å². The van der Waals surface area contributed by atoms with Gasteiger partial charge >= 0.3 is 0 Å². The molecule has 0 fully saturated rings. The number of nitro groups is 1. The Balaban J connectivity index is 2.16. The Kier molecular flexibility index (Phi) is 5.70. The fourth-order valence-electron chi connectivity index (χ4n) is 1.65. The molecule has 0 spiro atoms. The summed E-state index contributed by atoms with van der Waals surface area (Å²) in [6.45, 7) is 0. The second kappa shape index (κ2) is 7.54. The second-order valence-electron chi connectivity index (χ2n) is 4.29. The number of nitro benzene ring substituents is 1. The lowest BCUT2D eigenvalue weighted by Crippen LogP contribution is -2.17. The highest BCUT2D eigenvalue weighted by Crippen LogP contribution is 2.29. The minimum atomic E-state index is -0.629. The Bertz CT molecular complexity index is 812. The highest BCUT2D eigenvalue weighted by Gasteiger charge is 2.15. The summed E-state index contributed by atoms with van der Waals surface area (Å²) in [5, 5.41) is 14.7. The van der Waals surface area contributed by atoms with Crippen LogP contribution in [0.1, 0.15) is 15.9 Å². The highest BCUT2D eigenvalue weighted by atomic mass is 79.9. The molecule has 0 saturated carbocycles. The molecule has 9 heteroatoms. The number of benzene rings is 2. The maximum atomic E-state index is 11.9. The number of carbonyl (C=O) groups is 1. The summed E-state index contributed by atoms with van der Waals surface area (Å²) >= 11 is 14.9. The van der Waals surface area contributed by atoms with Crippen LogP contribution in [0, 0.1) is 10.1 Å². The molecule has 0 saturated heterocycles. The fraction of sp³-hybridized carbons (Fsp3) is 0. The van der Waals surface area contributed by atoms with E-state index >= 15 is 0 Å². The Morgan fingerprint density at radius 1 is 1.26 bits per heavy atom. The molecule has 0 radical (unpaired) electrons. The SMILES string of the molecule is O=C(N/N=C\c1cc([N+](=O)[O-])c(Cl)cc1Cl)c1cccc(Br)c1. The summed E-state index contributed by atoms with van der Waals surface area (Å²) < 4.78 is 0.755. The first-order valence-corrected chi connectivity index (χ1v) is 7.66. The molecule has 6 nitrogen and oxygen atoms in total. The predicted octanol–water partition coefficient (Wildman–Crippen LogP) is 4.43. The number of rotatable bonds is 4. The number of hydrazone groups is 1.